The van der Waals surface area contributed by atoms with Gasteiger partial charge in [0.25, 0.3) is 0 Å². The van der Waals surface area contributed by atoms with Gasteiger partial charge in [0.2, 0.25) is 0 Å². The van der Waals surface area contributed by atoms with Crippen LogP contribution in [0.25, 0.3) is 0 Å². The first kappa shape index (κ1) is 11.8. The number of hydrogen-bond donors (Lipinski definition) is 2. The third-order valence-electron chi connectivity index (χ3n) is 3.33. The number of rotatable bonds is 5. The van der Waals surface area contributed by atoms with E-state index in [2.05, 4.69) is 0 Å². The lowest BCUT2D eigenvalue weighted by atomic mass is 10.1. The maximum absolute atomic E-state index is 10.7. The van der Waals surface area contributed by atoms with E-state index in [1.807, 2.05) is 12.1 Å². The first-order valence-electron chi connectivity index (χ1n) is 5.71. The van der Waals surface area contributed by atoms with E-state index in [0.717, 1.165) is 18.4 Å². The summed E-state index contributed by atoms with van der Waals surface area (Å²) in [7, 11) is 1.51. The zero-order valence-corrected chi connectivity index (χ0v) is 9.72. The van der Waals surface area contributed by atoms with Crippen molar-refractivity contribution in [3.05, 3.63) is 23.8 Å². The Bertz CT molecular complexity index is 427. The number of aryl methyl sites for hydroxylation is 1. The molecule has 2 N–H and O–H groups in total. The summed E-state index contributed by atoms with van der Waals surface area (Å²) >= 11 is 0. The number of carbonyl (C=O) groups is 1. The molecule has 1 aromatic rings. The fraction of sp³-hybridized carbons (Fsp3) is 0.462. The molecule has 0 aromatic heterocycles. The van der Waals surface area contributed by atoms with Gasteiger partial charge in [-0.15, -0.1) is 0 Å². The van der Waals surface area contributed by atoms with Crippen LogP contribution in [0.1, 0.15) is 18.4 Å². The molecule has 0 amide bonds. The summed E-state index contributed by atoms with van der Waals surface area (Å²) in [6, 6.07) is 5.38. The largest absolute Gasteiger partial charge is 0.504 e. The highest BCUT2D eigenvalue weighted by Crippen LogP contribution is 2.43. The van der Waals surface area contributed by atoms with Crippen LogP contribution in [0.15, 0.2) is 18.2 Å². The van der Waals surface area contributed by atoms with Crippen LogP contribution >= 0.6 is 0 Å². The van der Waals surface area contributed by atoms with E-state index in [1.54, 1.807) is 6.07 Å². The lowest BCUT2D eigenvalue weighted by molar-refractivity contribution is -0.138. The van der Waals surface area contributed by atoms with Gasteiger partial charge in [-0.2, -0.15) is 0 Å². The Morgan fingerprint density at radius 3 is 2.88 bits per heavy atom. The molecule has 1 aliphatic rings. The molecule has 1 fully saturated rings. The van der Waals surface area contributed by atoms with Crippen molar-refractivity contribution in [1.82, 2.24) is 0 Å². The first-order valence-corrected chi connectivity index (χ1v) is 5.71. The van der Waals surface area contributed by atoms with Crippen LogP contribution in [-0.2, 0) is 11.2 Å². The van der Waals surface area contributed by atoms with E-state index in [1.165, 1.54) is 7.11 Å². The monoisotopic (exact) mass is 236 g/mol. The van der Waals surface area contributed by atoms with Crippen molar-refractivity contribution in [2.45, 2.75) is 19.3 Å². The number of ether oxygens (including phenoxy) is 1. The average molecular weight is 236 g/mol. The second-order valence-corrected chi connectivity index (χ2v) is 4.45. The van der Waals surface area contributed by atoms with Gasteiger partial charge in [0.05, 0.1) is 13.0 Å². The van der Waals surface area contributed by atoms with Gasteiger partial charge in [-0.1, -0.05) is 12.1 Å². The van der Waals surface area contributed by atoms with Crippen LogP contribution < -0.4 is 4.74 Å². The molecule has 2 unspecified atom stereocenters. The number of para-hydroxylation sites is 1. The number of phenolic OH excluding ortho intramolecular Hbond substituents is 1. The van der Waals surface area contributed by atoms with Crippen molar-refractivity contribution in [2.75, 3.05) is 7.11 Å². The van der Waals surface area contributed by atoms with Crippen molar-refractivity contribution in [3.8, 4) is 11.5 Å². The van der Waals surface area contributed by atoms with Crippen LogP contribution in [0.3, 0.4) is 0 Å². The highest BCUT2D eigenvalue weighted by molar-refractivity contribution is 5.73. The fourth-order valence-electron chi connectivity index (χ4n) is 2.14. The molecule has 0 saturated heterocycles. The minimum Gasteiger partial charge on any atom is -0.504 e. The molecular weight excluding hydrogens is 220 g/mol. The predicted octanol–water partition coefficient (Wildman–Crippen LogP) is 2.05. The smallest absolute Gasteiger partial charge is 0.306 e. The van der Waals surface area contributed by atoms with E-state index in [9.17, 15) is 9.90 Å². The van der Waals surface area contributed by atoms with Gasteiger partial charge in [-0.25, -0.2) is 0 Å². The zero-order chi connectivity index (χ0) is 12.4. The summed E-state index contributed by atoms with van der Waals surface area (Å²) < 4.78 is 5.02. The quantitative estimate of drug-likeness (QED) is 0.821. The van der Waals surface area contributed by atoms with Gasteiger partial charge in [-0.3, -0.25) is 4.79 Å². The van der Waals surface area contributed by atoms with Gasteiger partial charge < -0.3 is 14.9 Å². The van der Waals surface area contributed by atoms with Crippen molar-refractivity contribution >= 4 is 5.97 Å². The number of methoxy groups -OCH3 is 1. The maximum Gasteiger partial charge on any atom is 0.306 e. The summed E-state index contributed by atoms with van der Waals surface area (Å²) in [5, 5.41) is 18.6. The van der Waals surface area contributed by atoms with E-state index in [4.69, 9.17) is 9.84 Å². The predicted molar refractivity (Wildman–Crippen MR) is 62.2 cm³/mol. The van der Waals surface area contributed by atoms with Crippen LogP contribution in [0, 0.1) is 11.8 Å². The number of hydrogen-bond acceptors (Lipinski definition) is 3. The van der Waals surface area contributed by atoms with Crippen molar-refractivity contribution in [1.29, 1.82) is 0 Å². The van der Waals surface area contributed by atoms with Crippen LogP contribution in [0.2, 0.25) is 0 Å². The van der Waals surface area contributed by atoms with E-state index in [0.29, 0.717) is 12.2 Å². The molecule has 1 aliphatic carbocycles. The third-order valence-corrected chi connectivity index (χ3v) is 3.33. The van der Waals surface area contributed by atoms with Gasteiger partial charge in [0, 0.05) is 0 Å². The van der Waals surface area contributed by atoms with Gasteiger partial charge in [0.1, 0.15) is 0 Å². The van der Waals surface area contributed by atoms with Crippen molar-refractivity contribution < 1.29 is 19.7 Å². The lowest BCUT2D eigenvalue weighted by Gasteiger charge is -2.08. The minimum absolute atomic E-state index is 0.169. The molecule has 0 radical (unpaired) electrons. The number of aliphatic carboxylic acids is 1. The average Bonchev–Trinajstić information content (AvgIpc) is 3.07. The normalized spacial score (nSPS) is 22.2. The molecule has 0 spiro atoms. The number of aromatic hydroxyl groups is 1. The van der Waals surface area contributed by atoms with E-state index >= 15 is 0 Å². The highest BCUT2D eigenvalue weighted by atomic mass is 16.5. The molecule has 1 aromatic carbocycles. The topological polar surface area (TPSA) is 66.8 Å². The summed E-state index contributed by atoms with van der Waals surface area (Å²) in [4.78, 5) is 10.7. The summed E-state index contributed by atoms with van der Waals surface area (Å²) in [5.41, 5.74) is 0.820. The van der Waals surface area contributed by atoms with Gasteiger partial charge in [0.15, 0.2) is 11.5 Å². The highest BCUT2D eigenvalue weighted by Gasteiger charge is 2.42. The minimum atomic E-state index is -0.704. The molecule has 2 atom stereocenters. The molecule has 1 saturated carbocycles. The number of carboxylic acid groups (broad SMARTS) is 1. The van der Waals surface area contributed by atoms with Crippen molar-refractivity contribution in [3.63, 3.8) is 0 Å². The molecular formula is C13H16O4. The second-order valence-electron chi connectivity index (χ2n) is 4.45. The third kappa shape index (κ3) is 2.52. The number of benzene rings is 1. The Balaban J connectivity index is 1.94. The molecule has 0 bridgehead atoms. The molecule has 17 heavy (non-hydrogen) atoms. The Morgan fingerprint density at radius 2 is 2.29 bits per heavy atom. The van der Waals surface area contributed by atoms with Crippen LogP contribution in [-0.4, -0.2) is 23.3 Å². The molecule has 4 nitrogen and oxygen atoms in total. The van der Waals surface area contributed by atoms with Crippen LogP contribution in [0.5, 0.6) is 11.5 Å². The Hall–Kier alpha value is -1.71. The summed E-state index contributed by atoms with van der Waals surface area (Å²) in [5.74, 6) is 0.0151. The molecule has 0 aliphatic heterocycles. The molecule has 0 heterocycles. The number of carboxylic acids is 1. The standard InChI is InChI=1S/C13H16O4/c1-17-11-4-2-3-8(12(11)14)5-6-9-7-10(9)13(15)16/h2-4,9-10,14H,5-7H2,1H3,(H,15,16). The summed E-state index contributed by atoms with van der Waals surface area (Å²) in [6.45, 7) is 0. The zero-order valence-electron chi connectivity index (χ0n) is 9.72. The molecule has 92 valence electrons. The molecule has 2 rings (SSSR count). The SMILES string of the molecule is COc1cccc(CCC2CC2C(=O)O)c1O. The first-order chi connectivity index (χ1) is 8.13. The maximum atomic E-state index is 10.7. The van der Waals surface area contributed by atoms with E-state index in [-0.39, 0.29) is 17.6 Å². The van der Waals surface area contributed by atoms with Gasteiger partial charge in [-0.05, 0) is 36.8 Å². The Morgan fingerprint density at radius 1 is 1.53 bits per heavy atom. The Kier molecular flexibility index (Phi) is 3.22. The fourth-order valence-corrected chi connectivity index (χ4v) is 2.14. The van der Waals surface area contributed by atoms with Crippen molar-refractivity contribution in [2.24, 2.45) is 11.8 Å². The second kappa shape index (κ2) is 4.65. The lowest BCUT2D eigenvalue weighted by Crippen LogP contribution is -2.00. The Labute approximate surface area is 99.8 Å². The molecule has 4 heteroatoms. The van der Waals surface area contributed by atoms with E-state index < -0.39 is 5.97 Å². The summed E-state index contributed by atoms with van der Waals surface area (Å²) in [6.07, 6.45) is 2.26. The van der Waals surface area contributed by atoms with Gasteiger partial charge >= 0.3 is 5.97 Å². The van der Waals surface area contributed by atoms with Crippen LogP contribution in [0.4, 0.5) is 0 Å². The number of phenols is 1.